The van der Waals surface area contributed by atoms with Crippen molar-refractivity contribution < 1.29 is 0 Å². The van der Waals surface area contributed by atoms with Gasteiger partial charge in [0, 0.05) is 44.6 Å². The van der Waals surface area contributed by atoms with Gasteiger partial charge >= 0.3 is 0 Å². The molecule has 0 saturated carbocycles. The molecule has 96 valence electrons. The maximum absolute atomic E-state index is 4.38. The van der Waals surface area contributed by atoms with E-state index >= 15 is 0 Å². The van der Waals surface area contributed by atoms with E-state index in [1.807, 2.05) is 22.6 Å². The van der Waals surface area contributed by atoms with Gasteiger partial charge < -0.3 is 0 Å². The summed E-state index contributed by atoms with van der Waals surface area (Å²) in [4.78, 5) is 2.45. The van der Waals surface area contributed by atoms with E-state index in [0.29, 0.717) is 6.04 Å². The Kier molecular flexibility index (Phi) is 2.87. The second kappa shape index (κ2) is 4.53. The van der Waals surface area contributed by atoms with Crippen LogP contribution < -0.4 is 0 Å². The van der Waals surface area contributed by atoms with Crippen molar-refractivity contribution in [3.05, 3.63) is 29.8 Å². The number of likely N-dealkylation sites (tertiary alicyclic amines) is 1. The second-order valence-electron chi connectivity index (χ2n) is 4.97. The molecule has 1 aliphatic heterocycles. The van der Waals surface area contributed by atoms with E-state index in [9.17, 15) is 0 Å². The highest BCUT2D eigenvalue weighted by atomic mass is 15.4. The van der Waals surface area contributed by atoms with Crippen LogP contribution in [0, 0.1) is 6.92 Å². The van der Waals surface area contributed by atoms with Crippen molar-refractivity contribution in [1.82, 2.24) is 29.7 Å². The Morgan fingerprint density at radius 2 is 2.33 bits per heavy atom. The van der Waals surface area contributed by atoms with Crippen LogP contribution in [-0.2, 0) is 13.6 Å². The van der Waals surface area contributed by atoms with Gasteiger partial charge in [-0.15, -0.1) is 5.10 Å². The first-order chi connectivity index (χ1) is 8.72. The normalized spacial score (nSPS) is 20.7. The number of rotatable bonds is 3. The molecule has 3 rings (SSSR count). The molecule has 0 radical (unpaired) electrons. The maximum Gasteiger partial charge on any atom is 0.0693 e. The van der Waals surface area contributed by atoms with Crippen molar-refractivity contribution in [1.29, 1.82) is 0 Å². The van der Waals surface area contributed by atoms with Gasteiger partial charge in [0.1, 0.15) is 0 Å². The lowest BCUT2D eigenvalue weighted by Gasteiger charge is -2.15. The van der Waals surface area contributed by atoms with E-state index in [-0.39, 0.29) is 0 Å². The van der Waals surface area contributed by atoms with E-state index < -0.39 is 0 Å². The molecule has 0 amide bonds. The summed E-state index contributed by atoms with van der Waals surface area (Å²) in [5, 5.41) is 12.3. The van der Waals surface area contributed by atoms with Crippen molar-refractivity contribution in [2.45, 2.75) is 25.9 Å². The molecule has 6 heteroatoms. The smallest absolute Gasteiger partial charge is 0.0693 e. The molecule has 1 saturated heterocycles. The number of aryl methyl sites for hydroxylation is 2. The molecule has 6 nitrogen and oxygen atoms in total. The van der Waals surface area contributed by atoms with Gasteiger partial charge in [-0.05, 0) is 13.3 Å². The summed E-state index contributed by atoms with van der Waals surface area (Å²) in [5.74, 6) is 0. The fourth-order valence-electron chi connectivity index (χ4n) is 2.63. The van der Waals surface area contributed by atoms with Crippen molar-refractivity contribution in [2.75, 3.05) is 13.1 Å². The van der Waals surface area contributed by atoms with E-state index in [1.165, 1.54) is 5.56 Å². The van der Waals surface area contributed by atoms with E-state index in [2.05, 4.69) is 33.4 Å². The maximum atomic E-state index is 4.38. The van der Waals surface area contributed by atoms with Crippen molar-refractivity contribution in [3.8, 4) is 0 Å². The lowest BCUT2D eigenvalue weighted by atomic mass is 10.2. The molecule has 0 N–H and O–H groups in total. The van der Waals surface area contributed by atoms with E-state index in [0.717, 1.165) is 31.7 Å². The Labute approximate surface area is 106 Å². The second-order valence-corrected chi connectivity index (χ2v) is 4.97. The summed E-state index contributed by atoms with van der Waals surface area (Å²) in [6, 6.07) is 0.462. The lowest BCUT2D eigenvalue weighted by Crippen LogP contribution is -2.21. The van der Waals surface area contributed by atoms with Crippen LogP contribution >= 0.6 is 0 Å². The van der Waals surface area contributed by atoms with Crippen molar-refractivity contribution in [3.63, 3.8) is 0 Å². The van der Waals surface area contributed by atoms with Crippen LogP contribution in [0.3, 0.4) is 0 Å². The molecule has 2 aromatic heterocycles. The third-order valence-electron chi connectivity index (χ3n) is 3.57. The van der Waals surface area contributed by atoms with Gasteiger partial charge in [0.2, 0.25) is 0 Å². The zero-order valence-corrected chi connectivity index (χ0v) is 10.8. The molecule has 2 aromatic rings. The average molecular weight is 246 g/mol. The molecule has 0 spiro atoms. The largest absolute Gasteiger partial charge is 0.297 e. The minimum absolute atomic E-state index is 0.462. The standard InChI is InChI=1S/C12H18N6/c1-10-11(7-16(2)14-10)8-17-5-3-12(9-17)18-6-4-13-15-18/h4,6-7,12H,3,5,8-9H2,1-2H3. The highest BCUT2D eigenvalue weighted by Crippen LogP contribution is 2.22. The van der Waals surface area contributed by atoms with Crippen LogP contribution in [0.15, 0.2) is 18.6 Å². The van der Waals surface area contributed by atoms with Crippen LogP contribution in [0.5, 0.6) is 0 Å². The monoisotopic (exact) mass is 246 g/mol. The molecule has 0 aromatic carbocycles. The molecule has 0 aliphatic carbocycles. The SMILES string of the molecule is Cc1nn(C)cc1CN1CCC(n2ccnn2)C1. The predicted octanol–water partition coefficient (Wildman–Crippen LogP) is 0.767. The third-order valence-corrected chi connectivity index (χ3v) is 3.57. The molecular formula is C12H18N6. The molecule has 1 aliphatic rings. The Morgan fingerprint density at radius 3 is 3.00 bits per heavy atom. The molecule has 1 fully saturated rings. The first kappa shape index (κ1) is 11.4. The average Bonchev–Trinajstić information content (AvgIpc) is 3.02. The minimum atomic E-state index is 0.462. The van der Waals surface area contributed by atoms with Crippen molar-refractivity contribution >= 4 is 0 Å². The Balaban J connectivity index is 1.64. The molecule has 1 atom stereocenters. The van der Waals surface area contributed by atoms with E-state index in [1.54, 1.807) is 6.20 Å². The highest BCUT2D eigenvalue weighted by Gasteiger charge is 2.24. The molecule has 1 unspecified atom stereocenters. The highest BCUT2D eigenvalue weighted by molar-refractivity contribution is 5.15. The topological polar surface area (TPSA) is 51.8 Å². The first-order valence-electron chi connectivity index (χ1n) is 6.29. The first-order valence-corrected chi connectivity index (χ1v) is 6.29. The molecule has 18 heavy (non-hydrogen) atoms. The fraction of sp³-hybridized carbons (Fsp3) is 0.583. The third kappa shape index (κ3) is 2.15. The van der Waals surface area contributed by atoms with Gasteiger partial charge in [-0.3, -0.25) is 9.58 Å². The summed E-state index contributed by atoms with van der Waals surface area (Å²) >= 11 is 0. The van der Waals surface area contributed by atoms with Gasteiger partial charge in [0.05, 0.1) is 17.9 Å². The van der Waals surface area contributed by atoms with Crippen LogP contribution in [0.1, 0.15) is 23.7 Å². The van der Waals surface area contributed by atoms with Gasteiger partial charge in [0.25, 0.3) is 0 Å². The van der Waals surface area contributed by atoms with Crippen LogP contribution in [0.2, 0.25) is 0 Å². The van der Waals surface area contributed by atoms with Gasteiger partial charge in [0.15, 0.2) is 0 Å². The fourth-order valence-corrected chi connectivity index (χ4v) is 2.63. The Hall–Kier alpha value is -1.69. The van der Waals surface area contributed by atoms with Crippen LogP contribution in [-0.4, -0.2) is 42.8 Å². The quantitative estimate of drug-likeness (QED) is 0.802. The number of aromatic nitrogens is 5. The molecule has 0 bridgehead atoms. The summed E-state index contributed by atoms with van der Waals surface area (Å²) in [5.41, 5.74) is 2.44. The zero-order chi connectivity index (χ0) is 12.5. The van der Waals surface area contributed by atoms with Gasteiger partial charge in [-0.25, -0.2) is 4.68 Å². The molecular weight excluding hydrogens is 228 g/mol. The number of hydrogen-bond donors (Lipinski definition) is 0. The van der Waals surface area contributed by atoms with Crippen LogP contribution in [0.25, 0.3) is 0 Å². The predicted molar refractivity (Wildman–Crippen MR) is 66.9 cm³/mol. The summed E-state index contributed by atoms with van der Waals surface area (Å²) in [6.45, 7) is 5.20. The van der Waals surface area contributed by atoms with Gasteiger partial charge in [-0.1, -0.05) is 5.21 Å². The minimum Gasteiger partial charge on any atom is -0.297 e. The summed E-state index contributed by atoms with van der Waals surface area (Å²) in [6.07, 6.45) is 6.94. The zero-order valence-electron chi connectivity index (χ0n) is 10.8. The van der Waals surface area contributed by atoms with Gasteiger partial charge in [-0.2, -0.15) is 5.10 Å². The Morgan fingerprint density at radius 1 is 1.44 bits per heavy atom. The van der Waals surface area contributed by atoms with E-state index in [4.69, 9.17) is 0 Å². The number of hydrogen-bond acceptors (Lipinski definition) is 4. The van der Waals surface area contributed by atoms with Crippen molar-refractivity contribution in [2.24, 2.45) is 7.05 Å². The Bertz CT molecular complexity index is 515. The molecule has 3 heterocycles. The summed E-state index contributed by atoms with van der Waals surface area (Å²) < 4.78 is 3.85. The number of nitrogens with zero attached hydrogens (tertiary/aromatic N) is 6. The summed E-state index contributed by atoms with van der Waals surface area (Å²) in [7, 11) is 1.97. The lowest BCUT2D eigenvalue weighted by molar-refractivity contribution is 0.310. The van der Waals surface area contributed by atoms with Crippen LogP contribution in [0.4, 0.5) is 0 Å².